The van der Waals surface area contributed by atoms with Gasteiger partial charge in [-0.2, -0.15) is 0 Å². The fourth-order valence-corrected chi connectivity index (χ4v) is 7.50. The average Bonchev–Trinajstić information content (AvgIpc) is 3.03. The zero-order valence-electron chi connectivity index (χ0n) is 20.5. The fourth-order valence-electron chi connectivity index (χ4n) is 7.50. The number of rotatable bonds is 2. The highest BCUT2D eigenvalue weighted by Gasteiger charge is 2.63. The summed E-state index contributed by atoms with van der Waals surface area (Å²) in [6, 6.07) is 2.81. The van der Waals surface area contributed by atoms with Crippen LogP contribution in [-0.4, -0.2) is 30.6 Å². The van der Waals surface area contributed by atoms with Crippen LogP contribution < -0.4 is 4.90 Å². The molecule has 0 aromatic heterocycles. The van der Waals surface area contributed by atoms with Gasteiger partial charge in [0.05, 0.1) is 0 Å². The molecule has 2 fully saturated rings. The van der Waals surface area contributed by atoms with Crippen LogP contribution in [0, 0.1) is 40.7 Å². The third-order valence-electron chi connectivity index (χ3n) is 9.15. The standard InChI is InChI=1S/C29H33F2NO2/c1-5-11-29(34)12-10-23-21-8-6-17-13-19(33)7-9-20(17)26(21)22(16-28(23,29)2)27-24(30)14-18(32(3)4)15-25(27)31/h13-15,21-23,34H,6-10,12,16H2,1-4H3/t21-,22-,23-,28-,29-/m0/s1. The van der Waals surface area contributed by atoms with Crippen LogP contribution >= 0.6 is 0 Å². The molecule has 0 saturated heterocycles. The first kappa shape index (κ1) is 23.3. The molecule has 0 aliphatic heterocycles. The number of aliphatic hydroxyl groups is 1. The molecular weight excluding hydrogens is 432 g/mol. The van der Waals surface area contributed by atoms with Gasteiger partial charge in [-0.1, -0.05) is 18.4 Å². The minimum atomic E-state index is -1.17. The van der Waals surface area contributed by atoms with Gasteiger partial charge in [0, 0.05) is 43.1 Å². The van der Waals surface area contributed by atoms with E-state index in [1.807, 2.05) is 0 Å². The molecule has 0 heterocycles. The van der Waals surface area contributed by atoms with Gasteiger partial charge in [0.2, 0.25) is 0 Å². The van der Waals surface area contributed by atoms with Gasteiger partial charge < -0.3 is 10.0 Å². The van der Waals surface area contributed by atoms with Crippen LogP contribution in [-0.2, 0) is 4.79 Å². The first-order chi connectivity index (χ1) is 16.1. The predicted molar refractivity (Wildman–Crippen MR) is 129 cm³/mol. The van der Waals surface area contributed by atoms with Gasteiger partial charge in [-0.3, -0.25) is 4.79 Å². The number of hydrogen-bond donors (Lipinski definition) is 1. The maximum absolute atomic E-state index is 15.7. The number of ketones is 1. The van der Waals surface area contributed by atoms with Crippen molar-refractivity contribution >= 4 is 11.5 Å². The van der Waals surface area contributed by atoms with Gasteiger partial charge >= 0.3 is 0 Å². The number of carbonyl (C=O) groups excluding carboxylic acids is 1. The molecule has 3 nitrogen and oxygen atoms in total. The highest BCUT2D eigenvalue weighted by atomic mass is 19.1. The third kappa shape index (κ3) is 3.29. The Morgan fingerprint density at radius 1 is 1.12 bits per heavy atom. The average molecular weight is 466 g/mol. The summed E-state index contributed by atoms with van der Waals surface area (Å²) in [6.07, 6.45) is 6.33. The van der Waals surface area contributed by atoms with Crippen LogP contribution in [0.4, 0.5) is 14.5 Å². The summed E-state index contributed by atoms with van der Waals surface area (Å²) in [5.74, 6) is 4.88. The van der Waals surface area contributed by atoms with Crippen molar-refractivity contribution in [2.24, 2.45) is 17.3 Å². The third-order valence-corrected chi connectivity index (χ3v) is 9.15. The van der Waals surface area contributed by atoms with E-state index in [9.17, 15) is 9.90 Å². The maximum Gasteiger partial charge on any atom is 0.156 e. The van der Waals surface area contributed by atoms with E-state index in [2.05, 4.69) is 18.8 Å². The fraction of sp³-hybridized carbons (Fsp3) is 0.552. The Morgan fingerprint density at radius 3 is 2.47 bits per heavy atom. The van der Waals surface area contributed by atoms with Crippen LogP contribution in [0.3, 0.4) is 0 Å². The van der Waals surface area contributed by atoms with Gasteiger partial charge in [-0.15, -0.1) is 5.92 Å². The van der Waals surface area contributed by atoms with Gasteiger partial charge in [-0.25, -0.2) is 8.78 Å². The number of halogens is 2. The van der Waals surface area contributed by atoms with Crippen molar-refractivity contribution in [1.82, 2.24) is 0 Å². The molecular formula is C29H33F2NO2. The van der Waals surface area contributed by atoms with E-state index in [1.165, 1.54) is 12.1 Å². The Kier molecular flexibility index (Phi) is 5.52. The zero-order valence-corrected chi connectivity index (χ0v) is 20.5. The van der Waals surface area contributed by atoms with E-state index in [-0.39, 0.29) is 23.2 Å². The summed E-state index contributed by atoms with van der Waals surface area (Å²) < 4.78 is 31.3. The summed E-state index contributed by atoms with van der Waals surface area (Å²) in [5.41, 5.74) is 2.12. The molecule has 4 aliphatic carbocycles. The van der Waals surface area contributed by atoms with Crippen LogP contribution in [0.1, 0.15) is 70.3 Å². The summed E-state index contributed by atoms with van der Waals surface area (Å²) in [5, 5.41) is 11.7. The Balaban J connectivity index is 1.74. The van der Waals surface area contributed by atoms with Crippen LogP contribution in [0.25, 0.3) is 0 Å². The van der Waals surface area contributed by atoms with Gasteiger partial charge in [0.25, 0.3) is 0 Å². The number of fused-ring (bicyclic) bond motifs is 4. The molecule has 0 amide bonds. The molecule has 0 unspecified atom stereocenters. The smallest absolute Gasteiger partial charge is 0.156 e. The van der Waals surface area contributed by atoms with E-state index in [0.717, 1.165) is 36.0 Å². The van der Waals surface area contributed by atoms with E-state index in [0.29, 0.717) is 31.4 Å². The zero-order chi connectivity index (χ0) is 24.4. The van der Waals surface area contributed by atoms with Gasteiger partial charge in [-0.05, 0) is 86.6 Å². The van der Waals surface area contributed by atoms with Crippen molar-refractivity contribution in [3.05, 3.63) is 52.1 Å². The summed E-state index contributed by atoms with van der Waals surface area (Å²) >= 11 is 0. The quantitative estimate of drug-likeness (QED) is 0.571. The number of anilines is 1. The van der Waals surface area contributed by atoms with Crippen molar-refractivity contribution in [1.29, 1.82) is 0 Å². The predicted octanol–water partition coefficient (Wildman–Crippen LogP) is 5.68. The molecule has 0 radical (unpaired) electrons. The first-order valence-electron chi connectivity index (χ1n) is 12.4. The first-order valence-corrected chi connectivity index (χ1v) is 12.4. The SMILES string of the molecule is CC#C[C@]1(O)CC[C@H]2[C@@H]3CCC4=CC(=O)CCC4=C3[C@@H](c3c(F)cc(N(C)C)cc3F)C[C@@]21C. The molecule has 5 heteroatoms. The molecule has 1 aromatic rings. The molecule has 1 aromatic carbocycles. The number of hydrogen-bond acceptors (Lipinski definition) is 3. The van der Waals surface area contributed by atoms with Crippen molar-refractivity contribution in [2.75, 3.05) is 19.0 Å². The molecule has 5 rings (SSSR count). The van der Waals surface area contributed by atoms with Crippen molar-refractivity contribution < 1.29 is 18.7 Å². The molecule has 4 aliphatic rings. The number of allylic oxidation sites excluding steroid dienone is 4. The maximum atomic E-state index is 15.7. The highest BCUT2D eigenvalue weighted by Crippen LogP contribution is 2.67. The lowest BCUT2D eigenvalue weighted by Gasteiger charge is -2.53. The second-order valence-corrected chi connectivity index (χ2v) is 11.0. The molecule has 0 bridgehead atoms. The van der Waals surface area contributed by atoms with Gasteiger partial charge in [0.1, 0.15) is 17.2 Å². The second kappa shape index (κ2) is 8.05. The normalized spacial score (nSPS) is 34.5. The Hall–Kier alpha value is -2.45. The van der Waals surface area contributed by atoms with Crippen molar-refractivity contribution in [3.63, 3.8) is 0 Å². The Labute approximate surface area is 200 Å². The highest BCUT2D eigenvalue weighted by molar-refractivity contribution is 5.93. The number of carbonyl (C=O) groups is 1. The molecule has 180 valence electrons. The summed E-state index contributed by atoms with van der Waals surface area (Å²) in [7, 11) is 3.53. The van der Waals surface area contributed by atoms with Crippen LogP contribution in [0.15, 0.2) is 34.9 Å². The van der Waals surface area contributed by atoms with E-state index in [1.54, 1.807) is 32.0 Å². The van der Waals surface area contributed by atoms with E-state index >= 15 is 8.78 Å². The number of benzene rings is 1. The lowest BCUT2D eigenvalue weighted by molar-refractivity contribution is -0.114. The molecule has 34 heavy (non-hydrogen) atoms. The van der Waals surface area contributed by atoms with E-state index < -0.39 is 28.6 Å². The Bertz CT molecular complexity index is 1160. The molecule has 1 N–H and O–H groups in total. The largest absolute Gasteiger partial charge is 0.377 e. The number of nitrogens with zero attached hydrogens (tertiary/aromatic N) is 1. The van der Waals surface area contributed by atoms with Crippen LogP contribution in [0.5, 0.6) is 0 Å². The molecule has 5 atom stereocenters. The summed E-state index contributed by atoms with van der Waals surface area (Å²) in [6.45, 7) is 3.81. The van der Waals surface area contributed by atoms with Crippen molar-refractivity contribution in [2.45, 2.75) is 70.3 Å². The lowest BCUT2D eigenvalue weighted by Crippen LogP contribution is -2.51. The summed E-state index contributed by atoms with van der Waals surface area (Å²) in [4.78, 5) is 13.9. The van der Waals surface area contributed by atoms with Crippen LogP contribution in [0.2, 0.25) is 0 Å². The van der Waals surface area contributed by atoms with Crippen molar-refractivity contribution in [3.8, 4) is 11.8 Å². The topological polar surface area (TPSA) is 40.5 Å². The second-order valence-electron chi connectivity index (χ2n) is 11.0. The monoisotopic (exact) mass is 465 g/mol. The van der Waals surface area contributed by atoms with Gasteiger partial charge in [0.15, 0.2) is 5.78 Å². The molecule has 2 saturated carbocycles. The minimum Gasteiger partial charge on any atom is -0.377 e. The Morgan fingerprint density at radius 2 is 1.82 bits per heavy atom. The molecule has 0 spiro atoms. The minimum absolute atomic E-state index is 0.0923. The van der Waals surface area contributed by atoms with E-state index in [4.69, 9.17) is 0 Å². The lowest BCUT2D eigenvalue weighted by atomic mass is 9.51.